The van der Waals surface area contributed by atoms with Crippen LogP contribution in [0.5, 0.6) is 0 Å². The Bertz CT molecular complexity index is 1260. The number of nitrogens with one attached hydrogen (secondary N) is 1. The predicted octanol–water partition coefficient (Wildman–Crippen LogP) is 3.14. The molecule has 1 saturated carbocycles. The largest absolute Gasteiger partial charge is 0.393 e. The highest BCUT2D eigenvalue weighted by Crippen LogP contribution is 2.30. The number of aliphatic hydroxyl groups is 1. The number of anilines is 1. The van der Waals surface area contributed by atoms with E-state index in [1.165, 1.54) is 0 Å². The first-order chi connectivity index (χ1) is 18.0. The Hall–Kier alpha value is -3.01. The van der Waals surface area contributed by atoms with Gasteiger partial charge in [0.15, 0.2) is 0 Å². The minimum atomic E-state index is -0.262. The molecule has 37 heavy (non-hydrogen) atoms. The number of ether oxygens (including phenoxy) is 1. The van der Waals surface area contributed by atoms with Crippen molar-refractivity contribution in [1.82, 2.24) is 25.0 Å². The summed E-state index contributed by atoms with van der Waals surface area (Å²) in [4.78, 5) is 19.9. The molecule has 0 spiro atoms. The number of aliphatic hydroxyl groups excluding tert-OH is 1. The van der Waals surface area contributed by atoms with Gasteiger partial charge in [0.2, 0.25) is 0 Å². The van der Waals surface area contributed by atoms with Crippen molar-refractivity contribution >= 4 is 22.6 Å². The topological polar surface area (TPSA) is 119 Å². The number of carbonyl (C=O) groups is 1. The summed E-state index contributed by atoms with van der Waals surface area (Å²) < 4.78 is 7.67. The van der Waals surface area contributed by atoms with Crippen LogP contribution in [-0.4, -0.2) is 75.2 Å². The number of nitrogens with two attached hydrogens (primary N) is 1. The minimum absolute atomic E-state index is 0.0547. The monoisotopic (exact) mass is 504 g/mol. The Morgan fingerprint density at radius 3 is 2.65 bits per heavy atom. The number of hydrogen-bond acceptors (Lipinski definition) is 7. The van der Waals surface area contributed by atoms with Crippen molar-refractivity contribution in [2.75, 3.05) is 32.0 Å². The average molecular weight is 505 g/mol. The molecular weight excluding hydrogens is 468 g/mol. The second kappa shape index (κ2) is 10.4. The lowest BCUT2D eigenvalue weighted by molar-refractivity contribution is 0.0412. The molecule has 1 amide bonds. The molecule has 3 fully saturated rings. The van der Waals surface area contributed by atoms with E-state index in [-0.39, 0.29) is 23.9 Å². The van der Waals surface area contributed by atoms with Crippen LogP contribution < -0.4 is 11.1 Å². The molecule has 1 aliphatic carbocycles. The van der Waals surface area contributed by atoms with Gasteiger partial charge in [0.1, 0.15) is 5.82 Å². The van der Waals surface area contributed by atoms with Gasteiger partial charge in [-0.15, -0.1) is 0 Å². The molecule has 4 N–H and O–H groups in total. The van der Waals surface area contributed by atoms with Gasteiger partial charge in [0, 0.05) is 61.7 Å². The van der Waals surface area contributed by atoms with Crippen molar-refractivity contribution < 1.29 is 14.6 Å². The Balaban J connectivity index is 1.18. The lowest BCUT2D eigenvalue weighted by Crippen LogP contribution is -2.38. The molecule has 0 radical (unpaired) electrons. The normalized spacial score (nSPS) is 25.5. The summed E-state index contributed by atoms with van der Waals surface area (Å²) in [6.07, 6.45) is 9.92. The van der Waals surface area contributed by atoms with Crippen LogP contribution in [0, 0.1) is 0 Å². The molecule has 0 bridgehead atoms. The second-order valence-electron chi connectivity index (χ2n) is 10.8. The average Bonchev–Trinajstić information content (AvgIpc) is 3.58. The standard InChI is InChI=1S/C28H36N6O3/c29-27-25(28(36)31-21-2-4-24(35)5-3-21)14-19(15-30-27)18-1-6-26-20(13-18)16-34(32-26)23-7-10-33(17-23)22-8-11-37-12-9-22/h1,6,13-16,21-24,35H,2-5,7-12,17H2,(H2,29,30)(H,31,36)/t21-,23?,24-. The van der Waals surface area contributed by atoms with Crippen LogP contribution in [0.1, 0.15) is 61.3 Å². The number of nitrogen functional groups attached to an aromatic ring is 1. The molecule has 3 aliphatic rings. The van der Waals surface area contributed by atoms with E-state index in [1.807, 2.05) is 18.2 Å². The van der Waals surface area contributed by atoms with Crippen LogP contribution in [0.15, 0.2) is 36.7 Å². The lowest BCUT2D eigenvalue weighted by atomic mass is 9.93. The summed E-state index contributed by atoms with van der Waals surface area (Å²) in [6, 6.07) is 9.07. The first-order valence-corrected chi connectivity index (χ1v) is 13.6. The first kappa shape index (κ1) is 24.3. The Morgan fingerprint density at radius 2 is 1.84 bits per heavy atom. The van der Waals surface area contributed by atoms with E-state index in [9.17, 15) is 9.90 Å². The molecule has 196 valence electrons. The smallest absolute Gasteiger partial charge is 0.255 e. The minimum Gasteiger partial charge on any atom is -0.393 e. The third kappa shape index (κ3) is 5.21. The zero-order chi connectivity index (χ0) is 25.4. The second-order valence-corrected chi connectivity index (χ2v) is 10.8. The maximum absolute atomic E-state index is 13.0. The fraction of sp³-hybridized carbons (Fsp3) is 0.536. The summed E-state index contributed by atoms with van der Waals surface area (Å²) in [6.45, 7) is 3.88. The highest BCUT2D eigenvalue weighted by atomic mass is 16.5. The van der Waals surface area contributed by atoms with Gasteiger partial charge in [-0.3, -0.25) is 14.4 Å². The number of aromatic nitrogens is 3. The van der Waals surface area contributed by atoms with E-state index < -0.39 is 0 Å². The molecule has 2 aliphatic heterocycles. The van der Waals surface area contributed by atoms with Crippen molar-refractivity contribution in [2.45, 2.75) is 69.2 Å². The van der Waals surface area contributed by atoms with Crippen LogP contribution in [-0.2, 0) is 4.74 Å². The van der Waals surface area contributed by atoms with Crippen molar-refractivity contribution in [3.8, 4) is 11.1 Å². The fourth-order valence-electron chi connectivity index (χ4n) is 6.08. The fourth-order valence-corrected chi connectivity index (χ4v) is 6.08. The van der Waals surface area contributed by atoms with E-state index >= 15 is 0 Å². The van der Waals surface area contributed by atoms with Gasteiger partial charge in [0.25, 0.3) is 5.91 Å². The number of amides is 1. The molecule has 9 nitrogen and oxygen atoms in total. The van der Waals surface area contributed by atoms with Crippen molar-refractivity contribution in [3.63, 3.8) is 0 Å². The maximum Gasteiger partial charge on any atom is 0.255 e. The molecule has 2 saturated heterocycles. The van der Waals surface area contributed by atoms with Crippen molar-refractivity contribution in [1.29, 1.82) is 0 Å². The number of benzene rings is 1. The van der Waals surface area contributed by atoms with E-state index in [0.717, 1.165) is 80.4 Å². The van der Waals surface area contributed by atoms with E-state index in [2.05, 4.69) is 32.1 Å². The molecule has 4 heterocycles. The van der Waals surface area contributed by atoms with Gasteiger partial charge in [-0.2, -0.15) is 5.10 Å². The summed E-state index contributed by atoms with van der Waals surface area (Å²) in [5.41, 5.74) is 9.27. The number of carbonyl (C=O) groups excluding carboxylic acids is 1. The highest BCUT2D eigenvalue weighted by Gasteiger charge is 2.30. The quantitative estimate of drug-likeness (QED) is 0.488. The molecule has 3 aromatic rings. The number of likely N-dealkylation sites (tertiary alicyclic amines) is 1. The third-order valence-corrected chi connectivity index (χ3v) is 8.33. The number of nitrogens with zero attached hydrogens (tertiary/aromatic N) is 4. The van der Waals surface area contributed by atoms with Crippen molar-refractivity contribution in [3.05, 3.63) is 42.2 Å². The summed E-state index contributed by atoms with van der Waals surface area (Å²) in [5, 5.41) is 18.8. The van der Waals surface area contributed by atoms with Crippen LogP contribution in [0.3, 0.4) is 0 Å². The third-order valence-electron chi connectivity index (χ3n) is 8.33. The molecule has 1 aromatic carbocycles. The number of rotatable bonds is 5. The van der Waals surface area contributed by atoms with Crippen molar-refractivity contribution in [2.24, 2.45) is 0 Å². The van der Waals surface area contributed by atoms with E-state index in [0.29, 0.717) is 30.5 Å². The molecular formula is C28H36N6O3. The lowest BCUT2D eigenvalue weighted by Gasteiger charge is -2.30. The van der Waals surface area contributed by atoms with Crippen LogP contribution in [0.2, 0.25) is 0 Å². The zero-order valence-electron chi connectivity index (χ0n) is 21.2. The van der Waals surface area contributed by atoms with E-state index in [4.69, 9.17) is 15.6 Å². The number of fused-ring (bicyclic) bond motifs is 1. The molecule has 1 atom stereocenters. The highest BCUT2D eigenvalue weighted by molar-refractivity contribution is 5.99. The first-order valence-electron chi connectivity index (χ1n) is 13.6. The van der Waals surface area contributed by atoms with Crippen LogP contribution in [0.25, 0.3) is 22.0 Å². The predicted molar refractivity (Wildman–Crippen MR) is 142 cm³/mol. The van der Waals surface area contributed by atoms with Gasteiger partial charge in [-0.1, -0.05) is 6.07 Å². The van der Waals surface area contributed by atoms with E-state index in [1.54, 1.807) is 6.20 Å². The summed E-state index contributed by atoms with van der Waals surface area (Å²) >= 11 is 0. The van der Waals surface area contributed by atoms with Gasteiger partial charge < -0.3 is 20.9 Å². The number of hydrogen-bond donors (Lipinski definition) is 3. The maximum atomic E-state index is 13.0. The zero-order valence-corrected chi connectivity index (χ0v) is 21.2. The van der Waals surface area contributed by atoms with Gasteiger partial charge in [-0.05, 0) is 68.7 Å². The van der Waals surface area contributed by atoms with Crippen LogP contribution >= 0.6 is 0 Å². The van der Waals surface area contributed by atoms with Gasteiger partial charge >= 0.3 is 0 Å². The Kier molecular flexibility index (Phi) is 6.84. The molecule has 1 unspecified atom stereocenters. The Labute approximate surface area is 217 Å². The SMILES string of the molecule is Nc1ncc(-c2ccc3nn(C4CCN(C5CCOCC5)C4)cc3c2)cc1C(=O)N[C@H]1CC[C@H](O)CC1. The summed E-state index contributed by atoms with van der Waals surface area (Å²) in [7, 11) is 0. The molecule has 2 aromatic heterocycles. The van der Waals surface area contributed by atoms with Gasteiger partial charge in [0.05, 0.1) is 23.2 Å². The Morgan fingerprint density at radius 1 is 1.03 bits per heavy atom. The summed E-state index contributed by atoms with van der Waals surface area (Å²) in [5.74, 6) is 0.0127. The molecule has 9 heteroatoms. The van der Waals surface area contributed by atoms with Gasteiger partial charge in [-0.25, -0.2) is 4.98 Å². The molecule has 6 rings (SSSR count). The van der Waals surface area contributed by atoms with Crippen LogP contribution in [0.4, 0.5) is 5.82 Å². The number of pyridine rings is 1.